The van der Waals surface area contributed by atoms with Gasteiger partial charge in [0.1, 0.15) is 10.6 Å². The highest BCUT2D eigenvalue weighted by Gasteiger charge is 2.16. The zero-order valence-electron chi connectivity index (χ0n) is 9.01. The molecule has 17 heavy (non-hydrogen) atoms. The van der Waals surface area contributed by atoms with E-state index in [9.17, 15) is 13.5 Å². The van der Waals surface area contributed by atoms with Crippen LogP contribution in [0.3, 0.4) is 0 Å². The Kier molecular flexibility index (Phi) is 2.76. The number of hydrogen-bond donors (Lipinski definition) is 3. The molecule has 0 saturated heterocycles. The van der Waals surface area contributed by atoms with E-state index in [0.717, 1.165) is 5.56 Å². The first-order valence-corrected chi connectivity index (χ1v) is 6.28. The van der Waals surface area contributed by atoms with E-state index >= 15 is 0 Å². The number of aromatic hydroxyl groups is 1. The second kappa shape index (κ2) is 4.10. The van der Waals surface area contributed by atoms with Crippen LogP contribution >= 0.6 is 0 Å². The van der Waals surface area contributed by atoms with Crippen LogP contribution < -0.4 is 4.72 Å². The van der Waals surface area contributed by atoms with Crippen LogP contribution in [0.1, 0.15) is 5.56 Å². The minimum absolute atomic E-state index is 0.0116. The van der Waals surface area contributed by atoms with Gasteiger partial charge in [-0.25, -0.2) is 8.42 Å². The summed E-state index contributed by atoms with van der Waals surface area (Å²) in [7, 11) is -3.71. The second-order valence-electron chi connectivity index (χ2n) is 3.56. The summed E-state index contributed by atoms with van der Waals surface area (Å²) in [6.07, 6.45) is 2.45. The molecule has 1 aromatic carbocycles. The Bertz CT molecular complexity index is 620. The number of rotatable bonds is 3. The summed E-state index contributed by atoms with van der Waals surface area (Å²) in [5, 5.41) is 15.6. The second-order valence-corrected chi connectivity index (χ2v) is 5.24. The van der Waals surface area contributed by atoms with E-state index in [2.05, 4.69) is 14.9 Å². The highest BCUT2D eigenvalue weighted by Crippen LogP contribution is 2.26. The predicted molar refractivity (Wildman–Crippen MR) is 62.2 cm³/mol. The Labute approximate surface area is 98.4 Å². The van der Waals surface area contributed by atoms with Gasteiger partial charge in [-0.2, -0.15) is 5.10 Å². The van der Waals surface area contributed by atoms with Gasteiger partial charge in [-0.1, -0.05) is 6.07 Å². The van der Waals surface area contributed by atoms with Crippen molar-refractivity contribution in [3.05, 3.63) is 36.2 Å². The summed E-state index contributed by atoms with van der Waals surface area (Å²) < 4.78 is 25.9. The molecule has 0 aliphatic carbocycles. The predicted octanol–water partition coefficient (Wildman–Crippen LogP) is 1.22. The van der Waals surface area contributed by atoms with Gasteiger partial charge in [0.05, 0.1) is 11.9 Å². The lowest BCUT2D eigenvalue weighted by Crippen LogP contribution is -2.12. The summed E-state index contributed by atoms with van der Waals surface area (Å²) in [5.74, 6) is -0.114. The Morgan fingerprint density at radius 3 is 2.76 bits per heavy atom. The molecule has 90 valence electrons. The fourth-order valence-corrected chi connectivity index (χ4v) is 2.30. The quantitative estimate of drug-likeness (QED) is 0.717. The molecule has 7 heteroatoms. The molecule has 0 radical (unpaired) electrons. The van der Waals surface area contributed by atoms with Crippen LogP contribution in [0.2, 0.25) is 0 Å². The van der Waals surface area contributed by atoms with Gasteiger partial charge < -0.3 is 5.11 Å². The minimum Gasteiger partial charge on any atom is -0.506 e. The van der Waals surface area contributed by atoms with Crippen LogP contribution in [-0.2, 0) is 10.0 Å². The van der Waals surface area contributed by atoms with Crippen LogP contribution in [0, 0.1) is 6.92 Å². The largest absolute Gasteiger partial charge is 0.506 e. The van der Waals surface area contributed by atoms with Gasteiger partial charge in [0, 0.05) is 6.20 Å². The number of hydrogen-bond acceptors (Lipinski definition) is 4. The number of phenols is 1. The number of anilines is 1. The molecule has 0 spiro atoms. The molecule has 1 aromatic heterocycles. The molecule has 2 aromatic rings. The van der Waals surface area contributed by atoms with Crippen LogP contribution in [0.25, 0.3) is 0 Å². The zero-order valence-corrected chi connectivity index (χ0v) is 9.82. The van der Waals surface area contributed by atoms with E-state index in [4.69, 9.17) is 0 Å². The smallest absolute Gasteiger partial charge is 0.265 e. The Balaban J connectivity index is 2.33. The topological polar surface area (TPSA) is 95.1 Å². The van der Waals surface area contributed by atoms with Crippen molar-refractivity contribution in [2.75, 3.05) is 4.72 Å². The van der Waals surface area contributed by atoms with Gasteiger partial charge in [-0.05, 0) is 24.6 Å². The molecule has 0 unspecified atom stereocenters. The van der Waals surface area contributed by atoms with Gasteiger partial charge in [0.2, 0.25) is 0 Å². The van der Waals surface area contributed by atoms with Crippen molar-refractivity contribution >= 4 is 15.7 Å². The molecule has 2 rings (SSSR count). The van der Waals surface area contributed by atoms with E-state index in [-0.39, 0.29) is 16.3 Å². The van der Waals surface area contributed by atoms with Crippen molar-refractivity contribution in [3.63, 3.8) is 0 Å². The Hall–Kier alpha value is -2.02. The SMILES string of the molecule is Cc1ccc(NS(=O)(=O)c2cn[nH]c2)c(O)c1. The van der Waals surface area contributed by atoms with Gasteiger partial charge in [0.15, 0.2) is 0 Å². The summed E-state index contributed by atoms with van der Waals surface area (Å²) in [6.45, 7) is 1.80. The number of sulfonamides is 1. The monoisotopic (exact) mass is 253 g/mol. The highest BCUT2D eigenvalue weighted by atomic mass is 32.2. The molecule has 0 fully saturated rings. The van der Waals surface area contributed by atoms with Crippen LogP contribution in [0.15, 0.2) is 35.5 Å². The molecule has 0 bridgehead atoms. The fraction of sp³-hybridized carbons (Fsp3) is 0.100. The first kappa shape index (κ1) is 11.5. The van der Waals surface area contributed by atoms with Gasteiger partial charge >= 0.3 is 0 Å². The molecular formula is C10H11N3O3S. The average Bonchev–Trinajstić information content (AvgIpc) is 2.76. The maximum Gasteiger partial charge on any atom is 0.265 e. The van der Waals surface area contributed by atoms with E-state index in [1.807, 2.05) is 0 Å². The van der Waals surface area contributed by atoms with Gasteiger partial charge in [-0.15, -0.1) is 0 Å². The number of nitrogens with one attached hydrogen (secondary N) is 2. The molecular weight excluding hydrogens is 242 g/mol. The van der Waals surface area contributed by atoms with Crippen molar-refractivity contribution in [3.8, 4) is 5.75 Å². The summed E-state index contributed by atoms with van der Waals surface area (Å²) in [6, 6.07) is 4.68. The lowest BCUT2D eigenvalue weighted by Gasteiger charge is -2.08. The van der Waals surface area contributed by atoms with Crippen molar-refractivity contribution in [1.82, 2.24) is 10.2 Å². The first-order chi connectivity index (χ1) is 7.99. The number of nitrogens with zero attached hydrogens (tertiary/aromatic N) is 1. The molecule has 0 amide bonds. The van der Waals surface area contributed by atoms with Crippen molar-refractivity contribution in [1.29, 1.82) is 0 Å². The summed E-state index contributed by atoms with van der Waals surface area (Å²) in [5.41, 5.74) is 0.977. The maximum atomic E-state index is 11.8. The van der Waals surface area contributed by atoms with Crippen LogP contribution in [0.4, 0.5) is 5.69 Å². The van der Waals surface area contributed by atoms with Gasteiger partial charge in [-0.3, -0.25) is 9.82 Å². The molecule has 0 aliphatic rings. The summed E-state index contributed by atoms with van der Waals surface area (Å²) in [4.78, 5) is 0.0116. The Morgan fingerprint density at radius 1 is 1.41 bits per heavy atom. The fourth-order valence-electron chi connectivity index (χ4n) is 1.32. The molecule has 0 atom stereocenters. The molecule has 6 nitrogen and oxygen atoms in total. The Morgan fingerprint density at radius 2 is 2.18 bits per heavy atom. The number of aromatic nitrogens is 2. The van der Waals surface area contributed by atoms with E-state index in [0.29, 0.717) is 0 Å². The first-order valence-electron chi connectivity index (χ1n) is 4.80. The number of phenolic OH excluding ortho intramolecular Hbond substituents is 1. The van der Waals surface area contributed by atoms with Crippen molar-refractivity contribution in [2.45, 2.75) is 11.8 Å². The third kappa shape index (κ3) is 2.39. The summed E-state index contributed by atoms with van der Waals surface area (Å²) >= 11 is 0. The van der Waals surface area contributed by atoms with E-state index in [1.165, 1.54) is 24.5 Å². The van der Waals surface area contributed by atoms with Crippen LogP contribution in [-0.4, -0.2) is 23.7 Å². The molecule has 1 heterocycles. The molecule has 0 aliphatic heterocycles. The average molecular weight is 253 g/mol. The number of H-pyrrole nitrogens is 1. The maximum absolute atomic E-state index is 11.8. The van der Waals surface area contributed by atoms with E-state index in [1.54, 1.807) is 13.0 Å². The standard InChI is InChI=1S/C10H11N3O3S/c1-7-2-3-9(10(14)4-7)13-17(15,16)8-5-11-12-6-8/h2-6,13-14H,1H3,(H,11,12). The number of benzene rings is 1. The minimum atomic E-state index is -3.71. The lowest BCUT2D eigenvalue weighted by atomic mass is 10.2. The molecule has 0 saturated carbocycles. The third-order valence-electron chi connectivity index (χ3n) is 2.18. The number of aryl methyl sites for hydroxylation is 1. The van der Waals surface area contributed by atoms with Crippen molar-refractivity contribution in [2.24, 2.45) is 0 Å². The molecule has 3 N–H and O–H groups in total. The van der Waals surface area contributed by atoms with Crippen molar-refractivity contribution < 1.29 is 13.5 Å². The zero-order chi connectivity index (χ0) is 12.5. The van der Waals surface area contributed by atoms with E-state index < -0.39 is 10.0 Å². The third-order valence-corrected chi connectivity index (χ3v) is 3.51. The normalized spacial score (nSPS) is 11.4. The number of aromatic amines is 1. The van der Waals surface area contributed by atoms with Crippen LogP contribution in [0.5, 0.6) is 5.75 Å². The van der Waals surface area contributed by atoms with Gasteiger partial charge in [0.25, 0.3) is 10.0 Å². The highest BCUT2D eigenvalue weighted by molar-refractivity contribution is 7.92. The lowest BCUT2D eigenvalue weighted by molar-refractivity contribution is 0.477.